The summed E-state index contributed by atoms with van der Waals surface area (Å²) in [6, 6.07) is 6.47. The minimum atomic E-state index is -0.830. The lowest BCUT2D eigenvalue weighted by Gasteiger charge is -2.22. The molecule has 1 heterocycles. The molecule has 1 aliphatic rings. The van der Waals surface area contributed by atoms with Crippen LogP contribution in [0, 0.1) is 5.82 Å². The minimum Gasteiger partial charge on any atom is -0.480 e. The first-order valence-electron chi connectivity index (χ1n) is 5.38. The summed E-state index contributed by atoms with van der Waals surface area (Å²) in [6.07, 6.45) is 1.87. The van der Waals surface area contributed by atoms with Gasteiger partial charge in [-0.15, -0.1) is 0 Å². The third-order valence-corrected chi connectivity index (χ3v) is 2.94. The van der Waals surface area contributed by atoms with Gasteiger partial charge in [-0.05, 0) is 37.1 Å². The average Bonchev–Trinajstić information content (AvgIpc) is 2.65. The molecular formula is C12H14FNO2. The van der Waals surface area contributed by atoms with Crippen molar-refractivity contribution in [3.05, 3.63) is 35.6 Å². The Kier molecular flexibility index (Phi) is 3.19. The number of benzene rings is 1. The molecule has 0 spiro atoms. The molecule has 0 bridgehead atoms. The van der Waals surface area contributed by atoms with Gasteiger partial charge in [0.05, 0.1) is 6.54 Å². The van der Waals surface area contributed by atoms with E-state index in [1.807, 2.05) is 11.0 Å². The lowest BCUT2D eigenvalue weighted by molar-refractivity contribution is -0.138. The maximum absolute atomic E-state index is 13.1. The highest BCUT2D eigenvalue weighted by Gasteiger charge is 2.27. The van der Waals surface area contributed by atoms with Crippen LogP contribution in [0.15, 0.2) is 24.3 Å². The van der Waals surface area contributed by atoms with Gasteiger partial charge in [0.15, 0.2) is 0 Å². The molecule has 1 unspecified atom stereocenters. The van der Waals surface area contributed by atoms with Crippen molar-refractivity contribution in [3.8, 4) is 0 Å². The Morgan fingerprint density at radius 3 is 3.06 bits per heavy atom. The van der Waals surface area contributed by atoms with Crippen molar-refractivity contribution in [1.82, 2.24) is 4.90 Å². The molecule has 4 heteroatoms. The van der Waals surface area contributed by atoms with Gasteiger partial charge in [0.25, 0.3) is 0 Å². The van der Waals surface area contributed by atoms with Crippen LogP contribution in [0.1, 0.15) is 24.4 Å². The second-order valence-electron chi connectivity index (χ2n) is 4.08. The summed E-state index contributed by atoms with van der Waals surface area (Å²) in [4.78, 5) is 12.6. The van der Waals surface area contributed by atoms with E-state index in [0.717, 1.165) is 24.9 Å². The largest absolute Gasteiger partial charge is 0.480 e. The maximum Gasteiger partial charge on any atom is 0.317 e. The van der Waals surface area contributed by atoms with E-state index >= 15 is 0 Å². The number of carboxylic acid groups (broad SMARTS) is 1. The first-order chi connectivity index (χ1) is 7.66. The number of nitrogens with zero attached hydrogens (tertiary/aromatic N) is 1. The molecular weight excluding hydrogens is 209 g/mol. The van der Waals surface area contributed by atoms with Crippen LogP contribution in [0.25, 0.3) is 0 Å². The molecule has 1 fully saturated rings. The van der Waals surface area contributed by atoms with Crippen LogP contribution in [0.4, 0.5) is 4.39 Å². The van der Waals surface area contributed by atoms with E-state index in [-0.39, 0.29) is 18.4 Å². The second kappa shape index (κ2) is 4.61. The van der Waals surface area contributed by atoms with E-state index in [1.165, 1.54) is 12.1 Å². The Hall–Kier alpha value is -1.42. The van der Waals surface area contributed by atoms with Gasteiger partial charge >= 0.3 is 5.97 Å². The van der Waals surface area contributed by atoms with Crippen molar-refractivity contribution in [2.45, 2.75) is 18.9 Å². The quantitative estimate of drug-likeness (QED) is 0.852. The van der Waals surface area contributed by atoms with Crippen molar-refractivity contribution in [2.24, 2.45) is 0 Å². The topological polar surface area (TPSA) is 40.5 Å². The van der Waals surface area contributed by atoms with E-state index in [0.29, 0.717) is 0 Å². The van der Waals surface area contributed by atoms with E-state index < -0.39 is 5.97 Å². The fraction of sp³-hybridized carbons (Fsp3) is 0.417. The van der Waals surface area contributed by atoms with Crippen molar-refractivity contribution in [3.63, 3.8) is 0 Å². The van der Waals surface area contributed by atoms with Crippen LogP contribution in [-0.4, -0.2) is 29.1 Å². The first-order valence-corrected chi connectivity index (χ1v) is 5.38. The van der Waals surface area contributed by atoms with Gasteiger partial charge in [0, 0.05) is 6.04 Å². The lowest BCUT2D eigenvalue weighted by atomic mass is 10.0. The Labute approximate surface area is 93.5 Å². The summed E-state index contributed by atoms with van der Waals surface area (Å²) in [5.41, 5.74) is 0.874. The zero-order valence-corrected chi connectivity index (χ0v) is 8.90. The van der Waals surface area contributed by atoms with E-state index in [9.17, 15) is 9.18 Å². The van der Waals surface area contributed by atoms with Gasteiger partial charge in [0.1, 0.15) is 5.82 Å². The predicted octanol–water partition coefficient (Wildman–Crippen LogP) is 2.05. The lowest BCUT2D eigenvalue weighted by Crippen LogP contribution is -2.29. The number of hydrogen-bond acceptors (Lipinski definition) is 2. The minimum absolute atomic E-state index is 0.0289. The third-order valence-electron chi connectivity index (χ3n) is 2.94. The number of rotatable bonds is 3. The van der Waals surface area contributed by atoms with Crippen LogP contribution in [0.2, 0.25) is 0 Å². The van der Waals surface area contributed by atoms with Crippen LogP contribution in [-0.2, 0) is 4.79 Å². The van der Waals surface area contributed by atoms with E-state index in [2.05, 4.69) is 0 Å². The molecule has 1 aromatic rings. The number of aliphatic carboxylic acids is 1. The molecule has 1 aromatic carbocycles. The molecule has 16 heavy (non-hydrogen) atoms. The van der Waals surface area contributed by atoms with Gasteiger partial charge < -0.3 is 5.11 Å². The fourth-order valence-corrected chi connectivity index (χ4v) is 2.28. The smallest absolute Gasteiger partial charge is 0.317 e. The Bertz CT molecular complexity index is 394. The number of carbonyl (C=O) groups is 1. The Morgan fingerprint density at radius 2 is 2.38 bits per heavy atom. The highest BCUT2D eigenvalue weighted by Crippen LogP contribution is 2.31. The zero-order chi connectivity index (χ0) is 11.5. The molecule has 86 valence electrons. The van der Waals surface area contributed by atoms with E-state index in [1.54, 1.807) is 6.07 Å². The van der Waals surface area contributed by atoms with Crippen LogP contribution in [0.3, 0.4) is 0 Å². The predicted molar refractivity (Wildman–Crippen MR) is 57.6 cm³/mol. The first kappa shape index (κ1) is 11.1. The van der Waals surface area contributed by atoms with Gasteiger partial charge in [-0.3, -0.25) is 9.69 Å². The number of likely N-dealkylation sites (tertiary alicyclic amines) is 1. The standard InChI is InChI=1S/C12H14FNO2/c13-10-4-1-3-9(7-10)11-5-2-6-14(11)8-12(15)16/h1,3-4,7,11H,2,5-6,8H2,(H,15,16). The fourth-order valence-electron chi connectivity index (χ4n) is 2.28. The highest BCUT2D eigenvalue weighted by atomic mass is 19.1. The number of hydrogen-bond donors (Lipinski definition) is 1. The van der Waals surface area contributed by atoms with Crippen molar-refractivity contribution >= 4 is 5.97 Å². The SMILES string of the molecule is O=C(O)CN1CCCC1c1cccc(F)c1. The Balaban J connectivity index is 2.16. The average molecular weight is 223 g/mol. The van der Waals surface area contributed by atoms with Gasteiger partial charge in [0.2, 0.25) is 0 Å². The highest BCUT2D eigenvalue weighted by molar-refractivity contribution is 5.69. The summed E-state index contributed by atoms with van der Waals surface area (Å²) in [5, 5.41) is 8.78. The summed E-state index contributed by atoms with van der Waals surface area (Å²) in [7, 11) is 0. The molecule has 0 saturated carbocycles. The summed E-state index contributed by atoms with van der Waals surface area (Å²) < 4.78 is 13.1. The van der Waals surface area contributed by atoms with Gasteiger partial charge in [-0.25, -0.2) is 4.39 Å². The third kappa shape index (κ3) is 2.39. The Morgan fingerprint density at radius 1 is 1.56 bits per heavy atom. The summed E-state index contributed by atoms with van der Waals surface area (Å²) in [6.45, 7) is 0.800. The van der Waals surface area contributed by atoms with Crippen LogP contribution in [0.5, 0.6) is 0 Å². The van der Waals surface area contributed by atoms with Crippen molar-refractivity contribution in [2.75, 3.05) is 13.1 Å². The van der Waals surface area contributed by atoms with Crippen LogP contribution < -0.4 is 0 Å². The van der Waals surface area contributed by atoms with Crippen molar-refractivity contribution in [1.29, 1.82) is 0 Å². The summed E-state index contributed by atoms with van der Waals surface area (Å²) in [5.74, 6) is -1.09. The second-order valence-corrected chi connectivity index (χ2v) is 4.08. The molecule has 1 atom stereocenters. The monoisotopic (exact) mass is 223 g/mol. The van der Waals surface area contributed by atoms with Crippen molar-refractivity contribution < 1.29 is 14.3 Å². The van der Waals surface area contributed by atoms with Gasteiger partial charge in [-0.2, -0.15) is 0 Å². The normalized spacial score (nSPS) is 21.2. The molecule has 0 aliphatic carbocycles. The molecule has 1 aliphatic heterocycles. The number of halogens is 1. The van der Waals surface area contributed by atoms with Gasteiger partial charge in [-0.1, -0.05) is 12.1 Å². The molecule has 3 nitrogen and oxygen atoms in total. The summed E-state index contributed by atoms with van der Waals surface area (Å²) >= 11 is 0. The molecule has 1 N–H and O–H groups in total. The van der Waals surface area contributed by atoms with E-state index in [4.69, 9.17) is 5.11 Å². The zero-order valence-electron chi connectivity index (χ0n) is 8.90. The molecule has 0 amide bonds. The maximum atomic E-state index is 13.1. The molecule has 2 rings (SSSR count). The molecule has 0 aromatic heterocycles. The molecule has 1 saturated heterocycles. The molecule has 0 radical (unpaired) electrons. The number of carboxylic acids is 1. The van der Waals surface area contributed by atoms with Crippen LogP contribution >= 0.6 is 0 Å².